The van der Waals surface area contributed by atoms with Gasteiger partial charge in [-0.15, -0.1) is 11.8 Å². The molecule has 0 amide bonds. The van der Waals surface area contributed by atoms with Gasteiger partial charge in [-0.05, 0) is 31.0 Å². The molecule has 1 unspecified atom stereocenters. The molecule has 0 aliphatic rings. The molecule has 0 aliphatic carbocycles. The molecule has 0 aliphatic heterocycles. The fourth-order valence-corrected chi connectivity index (χ4v) is 2.30. The minimum absolute atomic E-state index is 0.200. The molecule has 3 nitrogen and oxygen atoms in total. The summed E-state index contributed by atoms with van der Waals surface area (Å²) in [5.41, 5.74) is 0.865. The third-order valence-corrected chi connectivity index (χ3v) is 2.92. The Morgan fingerprint density at radius 2 is 2.29 bits per heavy atom. The summed E-state index contributed by atoms with van der Waals surface area (Å²) in [6.45, 7) is 4.13. The van der Waals surface area contributed by atoms with Crippen LogP contribution in [-0.4, -0.2) is 26.9 Å². The third-order valence-electron chi connectivity index (χ3n) is 1.66. The first kappa shape index (κ1) is 11.8. The molecule has 0 aromatic carbocycles. The largest absolute Gasteiger partial charge is 0.396 e. The lowest BCUT2D eigenvalue weighted by atomic mass is 10.3. The van der Waals surface area contributed by atoms with Crippen molar-refractivity contribution in [3.63, 3.8) is 0 Å². The van der Waals surface area contributed by atoms with Crippen LogP contribution in [0.1, 0.15) is 19.0 Å². The van der Waals surface area contributed by atoms with Crippen molar-refractivity contribution < 1.29 is 5.11 Å². The Morgan fingerprint density at radius 1 is 1.57 bits per heavy atom. The van der Waals surface area contributed by atoms with E-state index in [1.165, 1.54) is 0 Å². The molecule has 78 valence electrons. The van der Waals surface area contributed by atoms with Crippen LogP contribution >= 0.6 is 23.4 Å². The van der Waals surface area contributed by atoms with E-state index >= 15 is 0 Å². The van der Waals surface area contributed by atoms with Gasteiger partial charge in [-0.25, -0.2) is 9.97 Å². The van der Waals surface area contributed by atoms with Crippen LogP contribution in [-0.2, 0) is 0 Å². The van der Waals surface area contributed by atoms with Crippen LogP contribution in [0.2, 0.25) is 5.28 Å². The van der Waals surface area contributed by atoms with E-state index in [1.54, 1.807) is 11.8 Å². The van der Waals surface area contributed by atoms with Crippen LogP contribution in [0.25, 0.3) is 0 Å². The van der Waals surface area contributed by atoms with Gasteiger partial charge in [0.15, 0.2) is 0 Å². The van der Waals surface area contributed by atoms with Crippen molar-refractivity contribution in [1.82, 2.24) is 9.97 Å². The van der Waals surface area contributed by atoms with E-state index in [0.29, 0.717) is 5.25 Å². The first-order valence-electron chi connectivity index (χ1n) is 4.40. The summed E-state index contributed by atoms with van der Waals surface area (Å²) < 4.78 is 0. The fourth-order valence-electron chi connectivity index (χ4n) is 1.01. The van der Waals surface area contributed by atoms with Crippen LogP contribution in [0.5, 0.6) is 0 Å². The van der Waals surface area contributed by atoms with E-state index in [4.69, 9.17) is 16.7 Å². The molecule has 1 aromatic heterocycles. The van der Waals surface area contributed by atoms with Crippen LogP contribution in [0.3, 0.4) is 0 Å². The van der Waals surface area contributed by atoms with Gasteiger partial charge in [0.05, 0.1) is 0 Å². The molecular formula is C9H13ClN2OS. The van der Waals surface area contributed by atoms with Gasteiger partial charge >= 0.3 is 0 Å². The zero-order valence-electron chi connectivity index (χ0n) is 8.20. The average molecular weight is 233 g/mol. The molecule has 0 radical (unpaired) electrons. The van der Waals surface area contributed by atoms with E-state index in [2.05, 4.69) is 9.97 Å². The number of aryl methyl sites for hydroxylation is 1. The van der Waals surface area contributed by atoms with Gasteiger partial charge in [0.25, 0.3) is 0 Å². The van der Waals surface area contributed by atoms with Crippen LogP contribution in [0.15, 0.2) is 11.1 Å². The number of rotatable bonds is 4. The summed E-state index contributed by atoms with van der Waals surface area (Å²) in [6.07, 6.45) is 0.755. The van der Waals surface area contributed by atoms with Gasteiger partial charge in [-0.1, -0.05) is 6.92 Å². The van der Waals surface area contributed by atoms with Crippen LogP contribution < -0.4 is 0 Å². The third kappa shape index (κ3) is 3.82. The highest BCUT2D eigenvalue weighted by molar-refractivity contribution is 7.99. The minimum Gasteiger partial charge on any atom is -0.396 e. The normalized spacial score (nSPS) is 12.9. The number of aliphatic hydroxyl groups excluding tert-OH is 1. The fraction of sp³-hybridized carbons (Fsp3) is 0.556. The summed E-state index contributed by atoms with van der Waals surface area (Å²) in [7, 11) is 0. The van der Waals surface area contributed by atoms with E-state index in [-0.39, 0.29) is 11.9 Å². The number of thioether (sulfide) groups is 1. The molecule has 1 N–H and O–H groups in total. The molecule has 1 heterocycles. The van der Waals surface area contributed by atoms with E-state index in [1.807, 2.05) is 19.9 Å². The monoisotopic (exact) mass is 232 g/mol. The molecule has 0 saturated heterocycles. The summed E-state index contributed by atoms with van der Waals surface area (Å²) in [5.74, 6) is 0. The molecule has 1 rings (SSSR count). The zero-order chi connectivity index (χ0) is 10.6. The van der Waals surface area contributed by atoms with Crippen molar-refractivity contribution in [2.24, 2.45) is 0 Å². The summed E-state index contributed by atoms with van der Waals surface area (Å²) in [6, 6.07) is 1.89. The maximum atomic E-state index is 8.75. The summed E-state index contributed by atoms with van der Waals surface area (Å²) >= 11 is 7.33. The van der Waals surface area contributed by atoms with E-state index < -0.39 is 0 Å². The quantitative estimate of drug-likeness (QED) is 0.492. The highest BCUT2D eigenvalue weighted by atomic mass is 35.5. The molecule has 1 aromatic rings. The molecule has 1 atom stereocenters. The molecule has 0 bridgehead atoms. The predicted octanol–water partition coefficient (Wildman–Crippen LogP) is 2.30. The van der Waals surface area contributed by atoms with Crippen molar-refractivity contribution in [2.45, 2.75) is 30.5 Å². The second kappa shape index (κ2) is 5.53. The van der Waals surface area contributed by atoms with Crippen LogP contribution in [0.4, 0.5) is 0 Å². The highest BCUT2D eigenvalue weighted by Crippen LogP contribution is 2.24. The molecule has 14 heavy (non-hydrogen) atoms. The number of aliphatic hydroxyl groups is 1. The van der Waals surface area contributed by atoms with Crippen molar-refractivity contribution in [2.75, 3.05) is 6.61 Å². The Kier molecular flexibility index (Phi) is 4.65. The number of hydrogen-bond acceptors (Lipinski definition) is 4. The Hall–Kier alpha value is -0.320. The molecular weight excluding hydrogens is 220 g/mol. The Morgan fingerprint density at radius 3 is 2.86 bits per heavy atom. The number of hydrogen-bond donors (Lipinski definition) is 1. The SMILES string of the molecule is Cc1cc(SC(C)CCO)nc(Cl)n1. The maximum Gasteiger partial charge on any atom is 0.223 e. The molecule has 0 fully saturated rings. The van der Waals surface area contributed by atoms with E-state index in [9.17, 15) is 0 Å². The number of halogens is 1. The highest BCUT2D eigenvalue weighted by Gasteiger charge is 2.06. The molecule has 0 spiro atoms. The van der Waals surface area contributed by atoms with Gasteiger partial charge in [-0.3, -0.25) is 0 Å². The summed E-state index contributed by atoms with van der Waals surface area (Å²) in [4.78, 5) is 8.07. The predicted molar refractivity (Wildman–Crippen MR) is 58.8 cm³/mol. The van der Waals surface area contributed by atoms with Crippen molar-refractivity contribution >= 4 is 23.4 Å². The first-order chi connectivity index (χ1) is 6.61. The number of nitrogens with zero attached hydrogens (tertiary/aromatic N) is 2. The van der Waals surface area contributed by atoms with Crippen molar-refractivity contribution in [1.29, 1.82) is 0 Å². The minimum atomic E-state index is 0.200. The lowest BCUT2D eigenvalue weighted by molar-refractivity contribution is 0.289. The van der Waals surface area contributed by atoms with Gasteiger partial charge < -0.3 is 5.11 Å². The lowest BCUT2D eigenvalue weighted by Gasteiger charge is -2.08. The smallest absolute Gasteiger partial charge is 0.223 e. The standard InChI is InChI=1S/C9H13ClN2OS/c1-6-5-8(12-9(10)11-6)14-7(2)3-4-13/h5,7,13H,3-4H2,1-2H3. The number of aromatic nitrogens is 2. The van der Waals surface area contributed by atoms with Crippen molar-refractivity contribution in [3.8, 4) is 0 Å². The van der Waals surface area contributed by atoms with Gasteiger partial charge in [0, 0.05) is 17.6 Å². The van der Waals surface area contributed by atoms with Gasteiger partial charge in [0.1, 0.15) is 5.03 Å². The second-order valence-electron chi connectivity index (χ2n) is 3.06. The zero-order valence-corrected chi connectivity index (χ0v) is 9.77. The molecule has 5 heteroatoms. The summed E-state index contributed by atoms with van der Waals surface area (Å²) in [5, 5.41) is 10.2. The Balaban J connectivity index is 2.66. The second-order valence-corrected chi connectivity index (χ2v) is 4.85. The lowest BCUT2D eigenvalue weighted by Crippen LogP contribution is -2.00. The Labute approximate surface area is 92.9 Å². The van der Waals surface area contributed by atoms with Gasteiger partial charge in [0.2, 0.25) is 5.28 Å². The van der Waals surface area contributed by atoms with E-state index in [0.717, 1.165) is 17.1 Å². The average Bonchev–Trinajstić information content (AvgIpc) is 2.01. The maximum absolute atomic E-state index is 8.75. The first-order valence-corrected chi connectivity index (χ1v) is 5.66. The Bertz CT molecular complexity index is 289. The van der Waals surface area contributed by atoms with Crippen molar-refractivity contribution in [3.05, 3.63) is 17.0 Å². The molecule has 0 saturated carbocycles. The topological polar surface area (TPSA) is 46.0 Å². The van der Waals surface area contributed by atoms with Gasteiger partial charge in [-0.2, -0.15) is 0 Å². The van der Waals surface area contributed by atoms with Crippen LogP contribution in [0, 0.1) is 6.92 Å².